The lowest BCUT2D eigenvalue weighted by atomic mass is 10.0. The minimum Gasteiger partial charge on any atom is -0.387 e. The van der Waals surface area contributed by atoms with E-state index in [4.69, 9.17) is 9.05 Å². The van der Waals surface area contributed by atoms with Crippen LogP contribution >= 0.6 is 7.82 Å². The highest BCUT2D eigenvalue weighted by atomic mass is 31.2. The Balaban J connectivity index is 4.11. The second kappa shape index (κ2) is 57.9. The largest absolute Gasteiger partial charge is 0.472 e. The third-order valence-corrected chi connectivity index (χ3v) is 15.7. The van der Waals surface area contributed by atoms with Gasteiger partial charge in [-0.2, -0.15) is 0 Å². The molecule has 0 rings (SSSR count). The van der Waals surface area contributed by atoms with Crippen LogP contribution in [0.2, 0.25) is 0 Å². The second-order valence-electron chi connectivity index (χ2n) is 23.5. The summed E-state index contributed by atoms with van der Waals surface area (Å²) in [4.78, 5) is 23.4. The van der Waals surface area contributed by atoms with E-state index in [1.807, 2.05) is 27.2 Å². The lowest BCUT2D eigenvalue weighted by molar-refractivity contribution is -0.870. The van der Waals surface area contributed by atoms with Crippen molar-refractivity contribution in [1.82, 2.24) is 5.32 Å². The molecule has 0 saturated carbocycles. The van der Waals surface area contributed by atoms with Gasteiger partial charge in [0.05, 0.1) is 39.9 Å². The van der Waals surface area contributed by atoms with Crippen molar-refractivity contribution in [3.05, 3.63) is 60.8 Å². The number of phosphoric acid groups is 1. The molecule has 3 atom stereocenters. The SMILES string of the molecule is CC/C=C\C/C=C\C/C=C\C/C=C\CCCCCCCCCCCCCCCCCCC(=O)NC(COP(=O)(O)OCC[N+](C)(C)C)C(O)/C=C/CCCCCCCCCCCCCCCCCCCCCCCCC. The molecule has 0 aliphatic carbocycles. The van der Waals surface area contributed by atoms with E-state index in [1.165, 1.54) is 225 Å². The summed E-state index contributed by atoms with van der Waals surface area (Å²) in [6.45, 7) is 4.74. The Morgan fingerprint density at radius 1 is 0.461 bits per heavy atom. The van der Waals surface area contributed by atoms with Crippen LogP contribution in [0, 0.1) is 0 Å². The first-order valence-corrected chi connectivity index (χ1v) is 34.2. The van der Waals surface area contributed by atoms with E-state index in [1.54, 1.807) is 6.08 Å². The lowest BCUT2D eigenvalue weighted by Gasteiger charge is -2.25. The van der Waals surface area contributed by atoms with Gasteiger partial charge in [-0.05, 0) is 57.8 Å². The van der Waals surface area contributed by atoms with Crippen LogP contribution in [0.5, 0.6) is 0 Å². The number of nitrogens with one attached hydrogen (secondary N) is 1. The first-order chi connectivity index (χ1) is 37.0. The predicted molar refractivity (Wildman–Crippen MR) is 332 cm³/mol. The first kappa shape index (κ1) is 74.2. The summed E-state index contributed by atoms with van der Waals surface area (Å²) in [5.41, 5.74) is 0. The molecule has 0 radical (unpaired) electrons. The fraction of sp³-hybridized carbons (Fsp3) is 0.836. The Kier molecular flexibility index (Phi) is 56.5. The van der Waals surface area contributed by atoms with Crippen LogP contribution < -0.4 is 5.32 Å². The summed E-state index contributed by atoms with van der Waals surface area (Å²) in [6, 6.07) is -0.849. The zero-order chi connectivity index (χ0) is 55.6. The average molecular weight is 1090 g/mol. The van der Waals surface area contributed by atoms with Gasteiger partial charge in [0, 0.05) is 6.42 Å². The van der Waals surface area contributed by atoms with Crippen molar-refractivity contribution in [2.45, 2.75) is 321 Å². The third-order valence-electron chi connectivity index (χ3n) is 14.7. The Morgan fingerprint density at radius 3 is 1.16 bits per heavy atom. The first-order valence-electron chi connectivity index (χ1n) is 32.7. The van der Waals surface area contributed by atoms with Gasteiger partial charge in [0.2, 0.25) is 5.91 Å². The molecule has 0 saturated heterocycles. The number of amides is 1. The number of quaternary nitrogens is 1. The topological polar surface area (TPSA) is 105 Å². The molecule has 8 nitrogen and oxygen atoms in total. The summed E-state index contributed by atoms with van der Waals surface area (Å²) in [7, 11) is 1.58. The fourth-order valence-electron chi connectivity index (χ4n) is 9.68. The van der Waals surface area contributed by atoms with Gasteiger partial charge in [0.25, 0.3) is 0 Å². The quantitative estimate of drug-likeness (QED) is 0.0243. The Labute approximate surface area is 472 Å². The van der Waals surface area contributed by atoms with Crippen LogP contribution in [0.25, 0.3) is 0 Å². The maximum Gasteiger partial charge on any atom is 0.472 e. The molecule has 1 amide bonds. The van der Waals surface area contributed by atoms with Crippen LogP contribution in [0.4, 0.5) is 0 Å². The molecule has 76 heavy (non-hydrogen) atoms. The molecule has 9 heteroatoms. The molecule has 0 bridgehead atoms. The van der Waals surface area contributed by atoms with Crippen molar-refractivity contribution >= 4 is 13.7 Å². The highest BCUT2D eigenvalue weighted by Crippen LogP contribution is 2.43. The van der Waals surface area contributed by atoms with Gasteiger partial charge < -0.3 is 19.8 Å². The van der Waals surface area contributed by atoms with E-state index < -0.39 is 20.0 Å². The van der Waals surface area contributed by atoms with Crippen LogP contribution in [0.1, 0.15) is 309 Å². The Morgan fingerprint density at radius 2 is 0.789 bits per heavy atom. The number of likely N-dealkylation sites (N-methyl/N-ethyl adjacent to an activating group) is 1. The molecule has 0 spiro atoms. The maximum atomic E-state index is 13.0. The third kappa shape index (κ3) is 59.9. The van der Waals surface area contributed by atoms with E-state index in [0.717, 1.165) is 64.2 Å². The van der Waals surface area contributed by atoms with E-state index in [2.05, 4.69) is 67.8 Å². The maximum absolute atomic E-state index is 13.0. The molecular formula is C67H128N2O6P+. The monoisotopic (exact) mass is 1090 g/mol. The number of hydrogen-bond donors (Lipinski definition) is 3. The number of carbonyl (C=O) groups is 1. The van der Waals surface area contributed by atoms with Gasteiger partial charge in [0.15, 0.2) is 0 Å². The molecule has 0 aliphatic heterocycles. The molecule has 0 fully saturated rings. The van der Waals surface area contributed by atoms with Crippen LogP contribution in [-0.2, 0) is 18.4 Å². The molecule has 446 valence electrons. The second-order valence-corrected chi connectivity index (χ2v) is 24.9. The minimum absolute atomic E-state index is 0.0614. The van der Waals surface area contributed by atoms with Crippen molar-refractivity contribution in [3.63, 3.8) is 0 Å². The number of hydrogen-bond acceptors (Lipinski definition) is 5. The Hall–Kier alpha value is -1.80. The predicted octanol–water partition coefficient (Wildman–Crippen LogP) is 20.4. The normalized spacial score (nSPS) is 14.1. The molecule has 3 unspecified atom stereocenters. The van der Waals surface area contributed by atoms with Crippen molar-refractivity contribution in [2.75, 3.05) is 40.9 Å². The van der Waals surface area contributed by atoms with Crippen LogP contribution in [0.15, 0.2) is 60.8 Å². The summed E-state index contributed by atoms with van der Waals surface area (Å²) in [5.74, 6) is -0.174. The number of nitrogens with zero attached hydrogens (tertiary/aromatic N) is 1. The zero-order valence-corrected chi connectivity index (χ0v) is 51.9. The fourth-order valence-corrected chi connectivity index (χ4v) is 10.4. The Bertz CT molecular complexity index is 1420. The number of allylic oxidation sites excluding steroid dienone is 9. The number of rotatable bonds is 60. The smallest absolute Gasteiger partial charge is 0.387 e. The van der Waals surface area contributed by atoms with Gasteiger partial charge in [-0.25, -0.2) is 4.57 Å². The van der Waals surface area contributed by atoms with Gasteiger partial charge in [-0.15, -0.1) is 0 Å². The van der Waals surface area contributed by atoms with Crippen molar-refractivity contribution in [3.8, 4) is 0 Å². The highest BCUT2D eigenvalue weighted by Gasteiger charge is 2.28. The summed E-state index contributed by atoms with van der Waals surface area (Å²) >= 11 is 0. The molecule has 0 aromatic carbocycles. The van der Waals surface area contributed by atoms with Crippen molar-refractivity contribution in [1.29, 1.82) is 0 Å². The summed E-state index contributed by atoms with van der Waals surface area (Å²) in [6.07, 6.45) is 79.2. The average Bonchev–Trinajstić information content (AvgIpc) is 3.38. The highest BCUT2D eigenvalue weighted by molar-refractivity contribution is 7.47. The minimum atomic E-state index is -4.35. The number of aliphatic hydroxyl groups is 1. The van der Waals surface area contributed by atoms with E-state index >= 15 is 0 Å². The van der Waals surface area contributed by atoms with Crippen LogP contribution in [-0.4, -0.2) is 73.4 Å². The molecular weight excluding hydrogens is 960 g/mol. The number of aliphatic hydroxyl groups excluding tert-OH is 1. The molecule has 0 aromatic heterocycles. The van der Waals surface area contributed by atoms with Crippen molar-refractivity contribution < 1.29 is 32.9 Å². The number of unbranched alkanes of at least 4 members (excludes halogenated alkanes) is 39. The van der Waals surface area contributed by atoms with Crippen molar-refractivity contribution in [2.24, 2.45) is 0 Å². The summed E-state index contributed by atoms with van der Waals surface area (Å²) in [5, 5.41) is 14.0. The molecule has 0 aliphatic rings. The van der Waals surface area contributed by atoms with E-state index in [9.17, 15) is 19.4 Å². The van der Waals surface area contributed by atoms with E-state index in [0.29, 0.717) is 17.4 Å². The van der Waals surface area contributed by atoms with Gasteiger partial charge in [-0.3, -0.25) is 13.8 Å². The van der Waals surface area contributed by atoms with Gasteiger partial charge in [0.1, 0.15) is 13.2 Å². The number of carbonyl (C=O) groups excluding carboxylic acids is 1. The summed E-state index contributed by atoms with van der Waals surface area (Å²) < 4.78 is 23.8. The van der Waals surface area contributed by atoms with Gasteiger partial charge in [-0.1, -0.05) is 306 Å². The number of phosphoric ester groups is 1. The standard InChI is InChI=1S/C67H127N2O6P/c1-6-8-10-12-14-16-18-20-22-24-26-28-30-32-33-34-35-37-39-41-43-45-47-49-51-53-55-57-59-61-67(71)68-65(64-75-76(72,73)74-63-62-69(3,4)5)66(70)60-58-56-54-52-50-48-46-44-42-40-38-36-31-29-27-25-23-21-19-17-15-13-11-9-7-2/h8,10,14,16,20,22,26,28,58,60,65-66,70H,6-7,9,11-13,15,17-19,21,23-25,27,29-57,59,61-64H2,1-5H3,(H-,68,71,72,73)/p+1/b10-8-,16-14-,22-20-,28-26-,60-58+. The zero-order valence-electron chi connectivity index (χ0n) is 51.0. The molecule has 3 N–H and O–H groups in total. The van der Waals surface area contributed by atoms with E-state index in [-0.39, 0.29) is 19.1 Å². The van der Waals surface area contributed by atoms with Gasteiger partial charge >= 0.3 is 7.82 Å². The van der Waals surface area contributed by atoms with Crippen LogP contribution in [0.3, 0.4) is 0 Å². The lowest BCUT2D eigenvalue weighted by Crippen LogP contribution is -2.45. The molecule has 0 heterocycles. The molecule has 0 aromatic rings.